The molecule has 1 aromatic carbocycles. The monoisotopic (exact) mass is 271 g/mol. The van der Waals surface area contributed by atoms with Crippen molar-refractivity contribution in [3.05, 3.63) is 34.3 Å². The van der Waals surface area contributed by atoms with Crippen molar-refractivity contribution in [3.63, 3.8) is 0 Å². The highest BCUT2D eigenvalue weighted by Crippen LogP contribution is 2.26. The molecule has 0 spiro atoms. The summed E-state index contributed by atoms with van der Waals surface area (Å²) in [5.41, 5.74) is 0.915. The third-order valence-corrected chi connectivity index (χ3v) is 3.12. The molecule has 0 aliphatic heterocycles. The summed E-state index contributed by atoms with van der Waals surface area (Å²) in [6.07, 6.45) is 0. The van der Waals surface area contributed by atoms with E-state index in [1.807, 2.05) is 24.3 Å². The molecule has 15 heavy (non-hydrogen) atoms. The summed E-state index contributed by atoms with van der Waals surface area (Å²) < 4.78 is 0.900. The van der Waals surface area contributed by atoms with Crippen molar-refractivity contribution in [2.45, 2.75) is 13.0 Å². The van der Waals surface area contributed by atoms with Crippen LogP contribution >= 0.6 is 15.9 Å². The molecular formula is C11H14BrNO2. The first-order chi connectivity index (χ1) is 7.07. The molecule has 1 aromatic rings. The number of aliphatic hydroxyl groups excluding tert-OH is 1. The van der Waals surface area contributed by atoms with Crippen molar-refractivity contribution in [1.82, 2.24) is 4.90 Å². The second kappa shape index (κ2) is 5.28. The van der Waals surface area contributed by atoms with Gasteiger partial charge in [-0.1, -0.05) is 34.1 Å². The number of hydrogen-bond donors (Lipinski definition) is 1. The van der Waals surface area contributed by atoms with Gasteiger partial charge in [0.25, 0.3) is 0 Å². The fourth-order valence-corrected chi connectivity index (χ4v) is 1.94. The van der Waals surface area contributed by atoms with E-state index < -0.39 is 0 Å². The van der Waals surface area contributed by atoms with Gasteiger partial charge < -0.3 is 10.0 Å². The van der Waals surface area contributed by atoms with Gasteiger partial charge in [-0.05, 0) is 11.6 Å². The van der Waals surface area contributed by atoms with E-state index >= 15 is 0 Å². The van der Waals surface area contributed by atoms with Crippen LogP contribution in [0.15, 0.2) is 28.7 Å². The minimum Gasteiger partial charge on any atom is -0.394 e. The molecule has 0 saturated heterocycles. The number of hydrogen-bond acceptors (Lipinski definition) is 2. The molecule has 1 N–H and O–H groups in total. The Hall–Kier alpha value is -0.870. The van der Waals surface area contributed by atoms with Gasteiger partial charge in [0.15, 0.2) is 0 Å². The van der Waals surface area contributed by atoms with Crippen LogP contribution in [0.4, 0.5) is 0 Å². The van der Waals surface area contributed by atoms with Gasteiger partial charge >= 0.3 is 0 Å². The standard InChI is InChI=1S/C11H14BrNO2/c1-8(15)13(2)11(7-14)9-5-3-4-6-10(9)12/h3-6,11,14H,7H2,1-2H3. The summed E-state index contributed by atoms with van der Waals surface area (Å²) in [7, 11) is 1.68. The molecule has 0 aliphatic rings. The predicted octanol–water partition coefficient (Wildman–Crippen LogP) is 1.96. The molecule has 4 heteroatoms. The van der Waals surface area contributed by atoms with E-state index in [1.165, 1.54) is 11.8 Å². The van der Waals surface area contributed by atoms with E-state index in [0.29, 0.717) is 0 Å². The van der Waals surface area contributed by atoms with Crippen molar-refractivity contribution in [3.8, 4) is 0 Å². The lowest BCUT2D eigenvalue weighted by atomic mass is 10.1. The normalized spacial score (nSPS) is 12.3. The lowest BCUT2D eigenvalue weighted by molar-refractivity contribution is -0.130. The molecule has 1 amide bonds. The number of benzene rings is 1. The molecule has 0 aromatic heterocycles. The highest BCUT2D eigenvalue weighted by molar-refractivity contribution is 9.10. The maximum Gasteiger partial charge on any atom is 0.219 e. The Balaban J connectivity index is 3.02. The fraction of sp³-hybridized carbons (Fsp3) is 0.364. The fourth-order valence-electron chi connectivity index (χ4n) is 1.39. The SMILES string of the molecule is CC(=O)N(C)C(CO)c1ccccc1Br. The number of likely N-dealkylation sites (N-methyl/N-ethyl adjacent to an activating group) is 1. The zero-order valence-corrected chi connectivity index (χ0v) is 10.4. The number of halogens is 1. The second-order valence-corrected chi connectivity index (χ2v) is 4.20. The minimum absolute atomic E-state index is 0.0650. The maximum absolute atomic E-state index is 11.2. The summed E-state index contributed by atoms with van der Waals surface area (Å²) in [6.45, 7) is 1.40. The molecule has 1 unspecified atom stereocenters. The van der Waals surface area contributed by atoms with Gasteiger partial charge in [0.1, 0.15) is 0 Å². The Morgan fingerprint density at radius 1 is 1.53 bits per heavy atom. The molecule has 0 fully saturated rings. The number of rotatable bonds is 3. The minimum atomic E-state index is -0.293. The zero-order chi connectivity index (χ0) is 11.4. The number of amides is 1. The van der Waals surface area contributed by atoms with Gasteiger partial charge in [-0.15, -0.1) is 0 Å². The molecule has 0 bridgehead atoms. The Morgan fingerprint density at radius 2 is 2.13 bits per heavy atom. The molecule has 0 heterocycles. The smallest absolute Gasteiger partial charge is 0.219 e. The van der Waals surface area contributed by atoms with Crippen LogP contribution in [0.3, 0.4) is 0 Å². The first-order valence-corrected chi connectivity index (χ1v) is 5.46. The van der Waals surface area contributed by atoms with Gasteiger partial charge in [0, 0.05) is 18.4 Å². The van der Waals surface area contributed by atoms with Gasteiger partial charge in [0.2, 0.25) is 5.91 Å². The van der Waals surface area contributed by atoms with Crippen LogP contribution in [-0.2, 0) is 4.79 Å². The Labute approximate surface area is 97.8 Å². The van der Waals surface area contributed by atoms with Crippen molar-refractivity contribution < 1.29 is 9.90 Å². The molecule has 1 rings (SSSR count). The highest BCUT2D eigenvalue weighted by atomic mass is 79.9. The average molecular weight is 272 g/mol. The van der Waals surface area contributed by atoms with Crippen LogP contribution in [0.1, 0.15) is 18.5 Å². The number of aliphatic hydroxyl groups is 1. The summed E-state index contributed by atoms with van der Waals surface area (Å²) in [5.74, 6) is -0.0650. The van der Waals surface area contributed by atoms with E-state index in [-0.39, 0.29) is 18.6 Å². The van der Waals surface area contributed by atoms with Gasteiger partial charge in [-0.2, -0.15) is 0 Å². The van der Waals surface area contributed by atoms with Crippen LogP contribution < -0.4 is 0 Å². The van der Waals surface area contributed by atoms with Gasteiger partial charge in [-0.25, -0.2) is 0 Å². The summed E-state index contributed by atoms with van der Waals surface area (Å²) in [6, 6.07) is 7.28. The van der Waals surface area contributed by atoms with Crippen LogP contribution in [0.5, 0.6) is 0 Å². The van der Waals surface area contributed by atoms with E-state index in [2.05, 4.69) is 15.9 Å². The molecule has 0 aliphatic carbocycles. The van der Waals surface area contributed by atoms with E-state index in [0.717, 1.165) is 10.0 Å². The van der Waals surface area contributed by atoms with Crippen molar-refractivity contribution in [2.24, 2.45) is 0 Å². The van der Waals surface area contributed by atoms with Gasteiger partial charge in [-0.3, -0.25) is 4.79 Å². The zero-order valence-electron chi connectivity index (χ0n) is 8.77. The molecule has 0 saturated carbocycles. The van der Waals surface area contributed by atoms with E-state index in [4.69, 9.17) is 0 Å². The van der Waals surface area contributed by atoms with Crippen LogP contribution in [-0.4, -0.2) is 29.6 Å². The van der Waals surface area contributed by atoms with Crippen molar-refractivity contribution >= 4 is 21.8 Å². The second-order valence-electron chi connectivity index (χ2n) is 3.35. The first kappa shape index (κ1) is 12.2. The Morgan fingerprint density at radius 3 is 2.60 bits per heavy atom. The van der Waals surface area contributed by atoms with Crippen molar-refractivity contribution in [1.29, 1.82) is 0 Å². The lowest BCUT2D eigenvalue weighted by Crippen LogP contribution is -2.31. The summed E-state index contributed by atoms with van der Waals surface area (Å²) in [5, 5.41) is 9.31. The number of nitrogens with zero attached hydrogens (tertiary/aromatic N) is 1. The van der Waals surface area contributed by atoms with Gasteiger partial charge in [0.05, 0.1) is 12.6 Å². The van der Waals surface area contributed by atoms with Crippen molar-refractivity contribution in [2.75, 3.05) is 13.7 Å². The molecule has 1 atom stereocenters. The summed E-state index contributed by atoms with van der Waals surface area (Å²) in [4.78, 5) is 12.8. The highest BCUT2D eigenvalue weighted by Gasteiger charge is 2.19. The third-order valence-electron chi connectivity index (χ3n) is 2.40. The van der Waals surface area contributed by atoms with E-state index in [1.54, 1.807) is 7.05 Å². The van der Waals surface area contributed by atoms with Crippen LogP contribution in [0.25, 0.3) is 0 Å². The van der Waals surface area contributed by atoms with Crippen LogP contribution in [0.2, 0.25) is 0 Å². The molecular weight excluding hydrogens is 258 g/mol. The third kappa shape index (κ3) is 2.79. The molecule has 82 valence electrons. The first-order valence-electron chi connectivity index (χ1n) is 4.66. The quantitative estimate of drug-likeness (QED) is 0.913. The lowest BCUT2D eigenvalue weighted by Gasteiger charge is -2.26. The average Bonchev–Trinajstić information content (AvgIpc) is 2.21. The van der Waals surface area contributed by atoms with E-state index in [9.17, 15) is 9.90 Å². The maximum atomic E-state index is 11.2. The number of carbonyl (C=O) groups excluding carboxylic acids is 1. The summed E-state index contributed by atoms with van der Waals surface area (Å²) >= 11 is 3.41. The predicted molar refractivity (Wildman–Crippen MR) is 62.4 cm³/mol. The number of carbonyl (C=O) groups is 1. The topological polar surface area (TPSA) is 40.5 Å². The van der Waals surface area contributed by atoms with Crippen LogP contribution in [0, 0.1) is 0 Å². The Bertz CT molecular complexity index is 354. The largest absolute Gasteiger partial charge is 0.394 e. The Kier molecular flexibility index (Phi) is 4.29. The molecule has 3 nitrogen and oxygen atoms in total. The molecule has 0 radical (unpaired) electrons.